The minimum Gasteiger partial charge on any atom is -0.453 e. The van der Waals surface area contributed by atoms with Crippen molar-refractivity contribution >= 4 is 49.8 Å². The first-order chi connectivity index (χ1) is 20.6. The van der Waals surface area contributed by atoms with Crippen molar-refractivity contribution in [3.63, 3.8) is 0 Å². The Morgan fingerprint density at radius 2 is 0.977 bits per heavy atom. The number of pyridine rings is 1. The van der Waals surface area contributed by atoms with Crippen LogP contribution >= 0.6 is 0 Å². The molecule has 0 atom stereocenters. The summed E-state index contributed by atoms with van der Waals surface area (Å²) in [4.78, 5) is 5.52. The van der Waals surface area contributed by atoms with Crippen molar-refractivity contribution < 1.29 is 8.98 Å². The van der Waals surface area contributed by atoms with Gasteiger partial charge >= 0.3 is 5.78 Å². The standard InChI is InChI=1S/C39H45N4O/c1-16-19(4)27(12)36-30(22(16)7)31-23(8)26(11)34-35(37(31)44-36)42-33-25(10)18(3)17(2)24(9)32(33)40-39(42)43(34)38-28(13)20(5)21(6)29(14)41(38)15/h1-15H3/q+1. The van der Waals surface area contributed by atoms with Gasteiger partial charge in [-0.1, -0.05) is 0 Å². The molecule has 0 unspecified atom stereocenters. The molecule has 226 valence electrons. The van der Waals surface area contributed by atoms with Crippen LogP contribution in [0.1, 0.15) is 78.0 Å². The van der Waals surface area contributed by atoms with Gasteiger partial charge in [0.25, 0.3) is 5.82 Å². The van der Waals surface area contributed by atoms with Crippen LogP contribution in [-0.2, 0) is 7.05 Å². The van der Waals surface area contributed by atoms with E-state index in [1.165, 1.54) is 99.8 Å². The lowest BCUT2D eigenvalue weighted by atomic mass is 9.92. The molecule has 0 saturated heterocycles. The molecule has 0 aliphatic rings. The van der Waals surface area contributed by atoms with E-state index in [1.807, 2.05) is 0 Å². The molecule has 0 amide bonds. The second kappa shape index (κ2) is 8.97. The zero-order chi connectivity index (χ0) is 32.0. The minimum atomic E-state index is 0.934. The van der Waals surface area contributed by atoms with Crippen molar-refractivity contribution in [1.29, 1.82) is 0 Å². The lowest BCUT2D eigenvalue weighted by molar-refractivity contribution is -0.672. The smallest absolute Gasteiger partial charge is 0.312 e. The van der Waals surface area contributed by atoms with E-state index >= 15 is 0 Å². The molecule has 7 aromatic rings. The van der Waals surface area contributed by atoms with E-state index in [4.69, 9.17) is 9.40 Å². The highest BCUT2D eigenvalue weighted by atomic mass is 16.3. The average Bonchev–Trinajstić information content (AvgIpc) is 3.67. The number of nitrogens with zero attached hydrogens (tertiary/aromatic N) is 4. The van der Waals surface area contributed by atoms with Crippen molar-refractivity contribution in [3.8, 4) is 5.82 Å². The Morgan fingerprint density at radius 3 is 1.64 bits per heavy atom. The van der Waals surface area contributed by atoms with Crippen LogP contribution in [0.4, 0.5) is 0 Å². The van der Waals surface area contributed by atoms with Crippen LogP contribution in [0.5, 0.6) is 0 Å². The van der Waals surface area contributed by atoms with Crippen molar-refractivity contribution in [1.82, 2.24) is 14.0 Å². The Bertz CT molecular complexity index is 2450. The topological polar surface area (TPSA) is 39.2 Å². The quantitative estimate of drug-likeness (QED) is 0.180. The maximum atomic E-state index is 7.11. The molecule has 5 heteroatoms. The fraction of sp³-hybridized carbons (Fsp3) is 0.385. The monoisotopic (exact) mass is 585 g/mol. The third-order valence-electron chi connectivity index (χ3n) is 12.0. The van der Waals surface area contributed by atoms with Gasteiger partial charge in [-0.25, -0.2) is 4.57 Å². The number of furan rings is 1. The molecule has 7 rings (SSSR count). The van der Waals surface area contributed by atoms with Gasteiger partial charge in [-0.3, -0.25) is 4.40 Å². The highest BCUT2D eigenvalue weighted by molar-refractivity contribution is 6.19. The summed E-state index contributed by atoms with van der Waals surface area (Å²) in [6.45, 7) is 31.4. The maximum absolute atomic E-state index is 7.11. The summed E-state index contributed by atoms with van der Waals surface area (Å²) in [6.07, 6.45) is 0. The van der Waals surface area contributed by atoms with E-state index in [-0.39, 0.29) is 0 Å². The molecule has 0 aliphatic carbocycles. The molecule has 0 N–H and O–H groups in total. The molecule has 4 aromatic heterocycles. The van der Waals surface area contributed by atoms with E-state index in [0.717, 1.165) is 33.8 Å². The molecule has 4 heterocycles. The fourth-order valence-electron chi connectivity index (χ4n) is 7.92. The lowest BCUT2D eigenvalue weighted by Gasteiger charge is -2.15. The van der Waals surface area contributed by atoms with Gasteiger partial charge in [0, 0.05) is 21.9 Å². The highest BCUT2D eigenvalue weighted by Crippen LogP contribution is 2.46. The second-order valence-corrected chi connectivity index (χ2v) is 13.6. The van der Waals surface area contributed by atoms with Gasteiger partial charge in [-0.2, -0.15) is 9.55 Å². The first kappa shape index (κ1) is 28.6. The normalized spacial score (nSPS) is 12.4. The summed E-state index contributed by atoms with van der Waals surface area (Å²) >= 11 is 0. The maximum Gasteiger partial charge on any atom is 0.312 e. The van der Waals surface area contributed by atoms with E-state index in [2.05, 4.69) is 118 Å². The van der Waals surface area contributed by atoms with Gasteiger partial charge in [0.05, 0.1) is 18.1 Å². The van der Waals surface area contributed by atoms with Gasteiger partial charge in [-0.05, 0) is 158 Å². The molecule has 0 aliphatic heterocycles. The van der Waals surface area contributed by atoms with Crippen molar-refractivity contribution in [2.24, 2.45) is 7.05 Å². The van der Waals surface area contributed by atoms with Crippen molar-refractivity contribution in [2.45, 2.75) is 96.9 Å². The Balaban J connectivity index is 1.90. The van der Waals surface area contributed by atoms with E-state index in [9.17, 15) is 0 Å². The molecular formula is C39H45N4O+. The molecule has 0 saturated carbocycles. The SMILES string of the molecule is Cc1c(C)c(C)[n+](C)c(-n2c3c(C)c(C)c4c(oc5c(C)c(C)c(C)c(C)c54)c3n3c4c(C)c(C)c(C)c(C)c4nc23)c1C. The molecule has 0 spiro atoms. The number of fused-ring (bicyclic) bond motifs is 9. The summed E-state index contributed by atoms with van der Waals surface area (Å²) in [6, 6.07) is 0. The molecule has 0 bridgehead atoms. The molecule has 0 radical (unpaired) electrons. The van der Waals surface area contributed by atoms with Gasteiger partial charge in [0.15, 0.2) is 11.1 Å². The largest absolute Gasteiger partial charge is 0.453 e. The lowest BCUT2D eigenvalue weighted by Crippen LogP contribution is -2.39. The number of benzene rings is 3. The van der Waals surface area contributed by atoms with Gasteiger partial charge in [0.2, 0.25) is 0 Å². The second-order valence-electron chi connectivity index (χ2n) is 13.6. The van der Waals surface area contributed by atoms with Gasteiger partial charge < -0.3 is 4.42 Å². The molecule has 5 nitrogen and oxygen atoms in total. The predicted molar refractivity (Wildman–Crippen MR) is 184 cm³/mol. The number of hydrogen-bond acceptors (Lipinski definition) is 2. The third-order valence-corrected chi connectivity index (χ3v) is 12.0. The fourth-order valence-corrected chi connectivity index (χ4v) is 7.92. The first-order valence-electron chi connectivity index (χ1n) is 15.8. The van der Waals surface area contributed by atoms with E-state index in [0.29, 0.717) is 0 Å². The number of aryl methyl sites for hydroxylation is 6. The van der Waals surface area contributed by atoms with Crippen LogP contribution in [0, 0.1) is 96.9 Å². The summed E-state index contributed by atoms with van der Waals surface area (Å²) in [5.41, 5.74) is 24.5. The number of rotatable bonds is 1. The minimum absolute atomic E-state index is 0.934. The van der Waals surface area contributed by atoms with Crippen LogP contribution in [0.15, 0.2) is 4.42 Å². The van der Waals surface area contributed by atoms with Crippen molar-refractivity contribution in [2.75, 3.05) is 0 Å². The number of hydrogen-bond donors (Lipinski definition) is 0. The summed E-state index contributed by atoms with van der Waals surface area (Å²) in [5, 5.41) is 2.47. The molecule has 3 aromatic carbocycles. The summed E-state index contributed by atoms with van der Waals surface area (Å²) < 4.78 is 14.3. The Hall–Kier alpha value is -4.12. The Labute approximate surface area is 260 Å². The Morgan fingerprint density at radius 1 is 0.477 bits per heavy atom. The van der Waals surface area contributed by atoms with Crippen LogP contribution < -0.4 is 4.57 Å². The first-order valence-corrected chi connectivity index (χ1v) is 15.8. The summed E-state index contributed by atoms with van der Waals surface area (Å²) in [7, 11) is 2.19. The van der Waals surface area contributed by atoms with Crippen molar-refractivity contribution in [3.05, 3.63) is 78.0 Å². The molecular weight excluding hydrogens is 540 g/mol. The van der Waals surface area contributed by atoms with Crippen LogP contribution in [0.2, 0.25) is 0 Å². The van der Waals surface area contributed by atoms with Gasteiger partial charge in [0.1, 0.15) is 16.8 Å². The van der Waals surface area contributed by atoms with Crippen LogP contribution in [0.3, 0.4) is 0 Å². The molecule has 0 fully saturated rings. The number of aromatic nitrogens is 4. The van der Waals surface area contributed by atoms with E-state index < -0.39 is 0 Å². The highest BCUT2D eigenvalue weighted by Gasteiger charge is 2.34. The Kier molecular flexibility index (Phi) is 5.84. The zero-order valence-corrected chi connectivity index (χ0v) is 29.2. The van der Waals surface area contributed by atoms with Crippen LogP contribution in [-0.4, -0.2) is 14.0 Å². The van der Waals surface area contributed by atoms with Crippen LogP contribution in [0.25, 0.3) is 55.6 Å². The van der Waals surface area contributed by atoms with E-state index in [1.54, 1.807) is 0 Å². The third kappa shape index (κ3) is 3.15. The summed E-state index contributed by atoms with van der Waals surface area (Å²) in [5.74, 6) is 2.09. The molecule has 44 heavy (non-hydrogen) atoms. The average molecular weight is 586 g/mol. The predicted octanol–water partition coefficient (Wildman–Crippen LogP) is 9.47. The zero-order valence-electron chi connectivity index (χ0n) is 29.2. The van der Waals surface area contributed by atoms with Gasteiger partial charge in [-0.15, -0.1) is 0 Å². The number of imidazole rings is 2.